The molecule has 0 unspecified atom stereocenters. The Labute approximate surface area is 121 Å². The number of rotatable bonds is 3. The fraction of sp³-hybridized carbons (Fsp3) is 0.368. The molecule has 1 heteroatoms. The van der Waals surface area contributed by atoms with E-state index in [0.29, 0.717) is 5.92 Å². The zero-order valence-electron chi connectivity index (χ0n) is 12.9. The Bertz CT molecular complexity index is 693. The van der Waals surface area contributed by atoms with Gasteiger partial charge in [-0.1, -0.05) is 50.2 Å². The second-order valence-corrected chi connectivity index (χ2v) is 6.78. The summed E-state index contributed by atoms with van der Waals surface area (Å²) in [5.41, 5.74) is 2.82. The quantitative estimate of drug-likeness (QED) is 0.583. The van der Waals surface area contributed by atoms with Crippen molar-refractivity contribution in [1.29, 1.82) is 0 Å². The van der Waals surface area contributed by atoms with Crippen molar-refractivity contribution >= 4 is 21.8 Å². The van der Waals surface area contributed by atoms with Crippen molar-refractivity contribution < 1.29 is 0 Å². The molecule has 0 fully saturated rings. The Morgan fingerprint density at radius 2 is 1.30 bits per heavy atom. The minimum absolute atomic E-state index is 0.122. The molecule has 3 aromatic rings. The largest absolute Gasteiger partial charge is 0.335 e. The molecule has 0 saturated carbocycles. The SMILES string of the molecule is CC(C)CC(C)(C)n1c2ccccc2c2ccccc21. The minimum atomic E-state index is 0.122. The van der Waals surface area contributed by atoms with Gasteiger partial charge in [0.15, 0.2) is 0 Å². The summed E-state index contributed by atoms with van der Waals surface area (Å²) in [6.45, 7) is 9.31. The average Bonchev–Trinajstić information content (AvgIpc) is 2.72. The summed E-state index contributed by atoms with van der Waals surface area (Å²) >= 11 is 0. The van der Waals surface area contributed by atoms with Crippen LogP contribution in [0.5, 0.6) is 0 Å². The predicted molar refractivity (Wildman–Crippen MR) is 88.2 cm³/mol. The summed E-state index contributed by atoms with van der Waals surface area (Å²) in [7, 11) is 0. The van der Waals surface area contributed by atoms with Crippen molar-refractivity contribution in [3.05, 3.63) is 48.5 Å². The summed E-state index contributed by atoms with van der Waals surface area (Å²) in [6.07, 6.45) is 1.18. The third-order valence-corrected chi connectivity index (χ3v) is 4.09. The van der Waals surface area contributed by atoms with Gasteiger partial charge in [-0.3, -0.25) is 0 Å². The maximum Gasteiger partial charge on any atom is 0.0496 e. The van der Waals surface area contributed by atoms with E-state index in [9.17, 15) is 0 Å². The number of para-hydroxylation sites is 2. The molecule has 20 heavy (non-hydrogen) atoms. The summed E-state index contributed by atoms with van der Waals surface area (Å²) in [5.74, 6) is 0.685. The summed E-state index contributed by atoms with van der Waals surface area (Å²) < 4.78 is 2.53. The lowest BCUT2D eigenvalue weighted by Gasteiger charge is -2.31. The van der Waals surface area contributed by atoms with E-state index in [2.05, 4.69) is 80.8 Å². The van der Waals surface area contributed by atoms with E-state index < -0.39 is 0 Å². The van der Waals surface area contributed by atoms with Gasteiger partial charge in [0.2, 0.25) is 0 Å². The average molecular weight is 265 g/mol. The molecule has 104 valence electrons. The fourth-order valence-electron chi connectivity index (χ4n) is 3.67. The standard InChI is InChI=1S/C19H23N/c1-14(2)13-19(3,4)20-17-11-7-5-9-15(17)16-10-6-8-12-18(16)20/h5-12,14H,13H2,1-4H3. The molecule has 0 amide bonds. The number of fused-ring (bicyclic) bond motifs is 3. The number of benzene rings is 2. The predicted octanol–water partition coefficient (Wildman–Crippen LogP) is 5.58. The summed E-state index contributed by atoms with van der Waals surface area (Å²) in [4.78, 5) is 0. The van der Waals surface area contributed by atoms with Gasteiger partial charge in [-0.25, -0.2) is 0 Å². The molecule has 0 aliphatic carbocycles. The van der Waals surface area contributed by atoms with Crippen molar-refractivity contribution in [3.63, 3.8) is 0 Å². The highest BCUT2D eigenvalue weighted by molar-refractivity contribution is 6.08. The van der Waals surface area contributed by atoms with Crippen LogP contribution in [0.15, 0.2) is 48.5 Å². The minimum Gasteiger partial charge on any atom is -0.335 e. The lowest BCUT2D eigenvalue weighted by atomic mass is 9.92. The van der Waals surface area contributed by atoms with E-state index >= 15 is 0 Å². The van der Waals surface area contributed by atoms with Crippen LogP contribution in [0.25, 0.3) is 21.8 Å². The zero-order chi connectivity index (χ0) is 14.3. The maximum absolute atomic E-state index is 2.53. The van der Waals surface area contributed by atoms with Crippen LogP contribution in [-0.4, -0.2) is 4.57 Å². The number of nitrogens with zero attached hydrogens (tertiary/aromatic N) is 1. The van der Waals surface area contributed by atoms with Crippen molar-refractivity contribution in [2.45, 2.75) is 39.7 Å². The smallest absolute Gasteiger partial charge is 0.0496 e. The number of hydrogen-bond acceptors (Lipinski definition) is 0. The first-order valence-electron chi connectivity index (χ1n) is 7.49. The van der Waals surface area contributed by atoms with Crippen LogP contribution in [0.4, 0.5) is 0 Å². The Balaban J connectivity index is 2.37. The van der Waals surface area contributed by atoms with Crippen molar-refractivity contribution in [1.82, 2.24) is 4.57 Å². The molecule has 0 aliphatic rings. The van der Waals surface area contributed by atoms with Crippen molar-refractivity contribution in [2.24, 2.45) is 5.92 Å². The van der Waals surface area contributed by atoms with Gasteiger partial charge in [-0.05, 0) is 38.3 Å². The van der Waals surface area contributed by atoms with Gasteiger partial charge in [-0.15, -0.1) is 0 Å². The van der Waals surface area contributed by atoms with Crippen molar-refractivity contribution in [2.75, 3.05) is 0 Å². The van der Waals surface area contributed by atoms with E-state index in [-0.39, 0.29) is 5.54 Å². The third-order valence-electron chi connectivity index (χ3n) is 4.09. The molecule has 0 radical (unpaired) electrons. The van der Waals surface area contributed by atoms with E-state index in [1.165, 1.54) is 28.2 Å². The van der Waals surface area contributed by atoms with Gasteiger partial charge in [0.25, 0.3) is 0 Å². The normalized spacial score (nSPS) is 12.7. The highest BCUT2D eigenvalue weighted by Crippen LogP contribution is 2.36. The van der Waals surface area contributed by atoms with Gasteiger partial charge >= 0.3 is 0 Å². The molecule has 2 aromatic carbocycles. The van der Waals surface area contributed by atoms with Gasteiger partial charge in [-0.2, -0.15) is 0 Å². The van der Waals surface area contributed by atoms with Crippen LogP contribution in [0.3, 0.4) is 0 Å². The molecule has 1 heterocycles. The molecule has 1 nitrogen and oxygen atoms in total. The van der Waals surface area contributed by atoms with Crippen LogP contribution in [-0.2, 0) is 5.54 Å². The number of aromatic nitrogens is 1. The molecule has 3 rings (SSSR count). The molecule has 0 N–H and O–H groups in total. The first kappa shape index (κ1) is 13.2. The second kappa shape index (κ2) is 4.66. The highest BCUT2D eigenvalue weighted by Gasteiger charge is 2.25. The molecule has 0 atom stereocenters. The molecule has 0 bridgehead atoms. The van der Waals surface area contributed by atoms with Crippen molar-refractivity contribution in [3.8, 4) is 0 Å². The van der Waals surface area contributed by atoms with Gasteiger partial charge in [0.05, 0.1) is 0 Å². The first-order valence-corrected chi connectivity index (χ1v) is 7.49. The highest BCUT2D eigenvalue weighted by atomic mass is 15.1. The molecule has 0 saturated heterocycles. The monoisotopic (exact) mass is 265 g/mol. The zero-order valence-corrected chi connectivity index (χ0v) is 12.9. The lowest BCUT2D eigenvalue weighted by molar-refractivity contribution is 0.301. The van der Waals surface area contributed by atoms with Crippen LogP contribution in [0.2, 0.25) is 0 Å². The van der Waals surface area contributed by atoms with E-state index in [0.717, 1.165) is 0 Å². The maximum atomic E-state index is 2.53. The molecular weight excluding hydrogens is 242 g/mol. The van der Waals surface area contributed by atoms with E-state index in [4.69, 9.17) is 0 Å². The van der Waals surface area contributed by atoms with Gasteiger partial charge < -0.3 is 4.57 Å². The summed E-state index contributed by atoms with van der Waals surface area (Å²) in [6, 6.07) is 17.5. The second-order valence-electron chi connectivity index (χ2n) is 6.78. The first-order chi connectivity index (χ1) is 9.50. The number of hydrogen-bond donors (Lipinski definition) is 0. The fourth-order valence-corrected chi connectivity index (χ4v) is 3.67. The van der Waals surface area contributed by atoms with Crippen LogP contribution < -0.4 is 0 Å². The van der Waals surface area contributed by atoms with E-state index in [1.807, 2.05) is 0 Å². The topological polar surface area (TPSA) is 4.93 Å². The van der Waals surface area contributed by atoms with Gasteiger partial charge in [0, 0.05) is 27.3 Å². The van der Waals surface area contributed by atoms with Gasteiger partial charge in [0.1, 0.15) is 0 Å². The Hall–Kier alpha value is -1.76. The summed E-state index contributed by atoms with van der Waals surface area (Å²) in [5, 5.41) is 2.72. The molecule has 0 aliphatic heterocycles. The lowest BCUT2D eigenvalue weighted by Crippen LogP contribution is -2.27. The molecular formula is C19H23N. The van der Waals surface area contributed by atoms with Crippen LogP contribution in [0.1, 0.15) is 34.1 Å². The van der Waals surface area contributed by atoms with Crippen LogP contribution in [0, 0.1) is 5.92 Å². The Morgan fingerprint density at radius 3 is 1.75 bits per heavy atom. The molecule has 1 aromatic heterocycles. The van der Waals surface area contributed by atoms with E-state index in [1.54, 1.807) is 0 Å². The Kier molecular flexibility index (Phi) is 3.08. The Morgan fingerprint density at radius 1 is 0.850 bits per heavy atom. The third kappa shape index (κ3) is 2.02. The molecule has 0 spiro atoms. The van der Waals surface area contributed by atoms with Crippen LogP contribution >= 0.6 is 0 Å².